The molecule has 0 saturated heterocycles. The fourth-order valence-electron chi connectivity index (χ4n) is 2.22. The summed E-state index contributed by atoms with van der Waals surface area (Å²) in [6.45, 7) is 4.74. The summed E-state index contributed by atoms with van der Waals surface area (Å²) in [5, 5.41) is 6.35. The van der Waals surface area contributed by atoms with Gasteiger partial charge in [-0.1, -0.05) is 6.92 Å². The Bertz CT molecular complexity index is 569. The number of thiazole rings is 1. The minimum absolute atomic E-state index is 0.0535. The fraction of sp³-hybridized carbons (Fsp3) is 0.400. The van der Waals surface area contributed by atoms with E-state index in [9.17, 15) is 8.78 Å². The van der Waals surface area contributed by atoms with Crippen LogP contribution in [0.5, 0.6) is 0 Å². The quantitative estimate of drug-likeness (QED) is 0.882. The van der Waals surface area contributed by atoms with Crippen molar-refractivity contribution in [2.45, 2.75) is 32.7 Å². The summed E-state index contributed by atoms with van der Waals surface area (Å²) >= 11 is 1.60. The number of halogens is 2. The average molecular weight is 296 g/mol. The highest BCUT2D eigenvalue weighted by Gasteiger charge is 2.14. The number of aromatic nitrogens is 1. The van der Waals surface area contributed by atoms with Crippen LogP contribution in [0.3, 0.4) is 0 Å². The molecule has 0 radical (unpaired) electrons. The lowest BCUT2D eigenvalue weighted by Gasteiger charge is -2.17. The average Bonchev–Trinajstić information content (AvgIpc) is 2.79. The van der Waals surface area contributed by atoms with Crippen molar-refractivity contribution in [2.75, 3.05) is 6.54 Å². The lowest BCUT2D eigenvalue weighted by molar-refractivity contribution is 0.499. The Balaban J connectivity index is 2.10. The first-order valence-electron chi connectivity index (χ1n) is 6.66. The second-order valence-electron chi connectivity index (χ2n) is 4.76. The number of rotatable bonds is 6. The molecule has 1 N–H and O–H groups in total. The van der Waals surface area contributed by atoms with Crippen LogP contribution in [0.25, 0.3) is 0 Å². The summed E-state index contributed by atoms with van der Waals surface area (Å²) in [5.41, 5.74) is 1.40. The van der Waals surface area contributed by atoms with Crippen LogP contribution < -0.4 is 5.32 Å². The van der Waals surface area contributed by atoms with Crippen LogP contribution in [0.15, 0.2) is 23.6 Å². The molecule has 2 rings (SSSR count). The van der Waals surface area contributed by atoms with Crippen molar-refractivity contribution in [3.8, 4) is 0 Å². The van der Waals surface area contributed by atoms with Gasteiger partial charge in [0.05, 0.1) is 10.7 Å². The van der Waals surface area contributed by atoms with E-state index < -0.39 is 5.82 Å². The zero-order valence-corrected chi connectivity index (χ0v) is 12.4. The minimum atomic E-state index is -0.402. The summed E-state index contributed by atoms with van der Waals surface area (Å²) in [6.07, 6.45) is 1.17. The summed E-state index contributed by atoms with van der Waals surface area (Å²) < 4.78 is 26.9. The fourth-order valence-corrected chi connectivity index (χ4v) is 2.85. The Hall–Kier alpha value is -1.33. The van der Waals surface area contributed by atoms with Crippen molar-refractivity contribution < 1.29 is 8.78 Å². The molecular formula is C15H18F2N2S. The van der Waals surface area contributed by atoms with Crippen molar-refractivity contribution in [3.63, 3.8) is 0 Å². The molecule has 0 saturated carbocycles. The van der Waals surface area contributed by atoms with E-state index >= 15 is 0 Å². The van der Waals surface area contributed by atoms with Gasteiger partial charge in [0, 0.05) is 17.8 Å². The van der Waals surface area contributed by atoms with Crippen molar-refractivity contribution in [1.82, 2.24) is 10.3 Å². The second-order valence-corrected chi connectivity index (χ2v) is 5.82. The van der Waals surface area contributed by atoms with Crippen LogP contribution in [0.1, 0.15) is 23.2 Å². The predicted molar refractivity (Wildman–Crippen MR) is 78.1 cm³/mol. The van der Waals surface area contributed by atoms with Gasteiger partial charge in [0.15, 0.2) is 0 Å². The van der Waals surface area contributed by atoms with E-state index in [4.69, 9.17) is 0 Å². The topological polar surface area (TPSA) is 24.9 Å². The Labute approximate surface area is 121 Å². The molecule has 1 unspecified atom stereocenters. The van der Waals surface area contributed by atoms with Crippen molar-refractivity contribution in [2.24, 2.45) is 0 Å². The number of nitrogens with zero attached hydrogens (tertiary/aromatic N) is 1. The third kappa shape index (κ3) is 4.08. The second kappa shape index (κ2) is 6.90. The molecule has 0 bridgehead atoms. The maximum Gasteiger partial charge on any atom is 0.126 e. The van der Waals surface area contributed by atoms with Gasteiger partial charge in [-0.2, -0.15) is 0 Å². The van der Waals surface area contributed by atoms with E-state index in [1.165, 1.54) is 12.1 Å². The van der Waals surface area contributed by atoms with Crippen molar-refractivity contribution in [1.29, 1.82) is 0 Å². The molecule has 108 valence electrons. The summed E-state index contributed by atoms with van der Waals surface area (Å²) in [4.78, 5) is 4.43. The number of benzene rings is 1. The molecule has 0 aliphatic heterocycles. The predicted octanol–water partition coefficient (Wildman–Crippen LogP) is 3.49. The maximum atomic E-state index is 13.7. The van der Waals surface area contributed by atoms with Gasteiger partial charge in [0.1, 0.15) is 11.6 Å². The molecule has 5 heteroatoms. The van der Waals surface area contributed by atoms with Gasteiger partial charge in [-0.05, 0) is 43.7 Å². The van der Waals surface area contributed by atoms with Gasteiger partial charge < -0.3 is 5.32 Å². The third-order valence-corrected chi connectivity index (χ3v) is 3.91. The minimum Gasteiger partial charge on any atom is -0.314 e. The van der Waals surface area contributed by atoms with Gasteiger partial charge in [-0.25, -0.2) is 13.8 Å². The highest BCUT2D eigenvalue weighted by molar-refractivity contribution is 7.09. The highest BCUT2D eigenvalue weighted by atomic mass is 32.1. The zero-order chi connectivity index (χ0) is 14.5. The van der Waals surface area contributed by atoms with Gasteiger partial charge in [0.25, 0.3) is 0 Å². The van der Waals surface area contributed by atoms with E-state index in [2.05, 4.69) is 10.3 Å². The summed E-state index contributed by atoms with van der Waals surface area (Å²) in [7, 11) is 0. The first-order chi connectivity index (χ1) is 9.58. The van der Waals surface area contributed by atoms with Crippen LogP contribution in [0.2, 0.25) is 0 Å². The van der Waals surface area contributed by atoms with Crippen LogP contribution in [-0.2, 0) is 12.8 Å². The normalized spacial score (nSPS) is 12.6. The highest BCUT2D eigenvalue weighted by Crippen LogP contribution is 2.15. The SMILES string of the molecule is CCNC(Cc1csc(C)n1)Cc1cc(F)ccc1F. The van der Waals surface area contributed by atoms with E-state index in [0.717, 1.165) is 23.3 Å². The van der Waals surface area contributed by atoms with Crippen molar-refractivity contribution in [3.05, 3.63) is 51.5 Å². The Kier molecular flexibility index (Phi) is 5.20. The Morgan fingerprint density at radius 2 is 2.10 bits per heavy atom. The van der Waals surface area contributed by atoms with Crippen LogP contribution >= 0.6 is 11.3 Å². The summed E-state index contributed by atoms with van der Waals surface area (Å²) in [5.74, 6) is -0.759. The van der Waals surface area contributed by atoms with E-state index in [-0.39, 0.29) is 11.9 Å². The molecule has 0 aliphatic rings. The number of nitrogens with one attached hydrogen (secondary N) is 1. The lowest BCUT2D eigenvalue weighted by atomic mass is 10.0. The third-order valence-electron chi connectivity index (χ3n) is 3.09. The molecule has 1 aromatic heterocycles. The largest absolute Gasteiger partial charge is 0.314 e. The molecule has 1 aromatic carbocycles. The molecule has 1 heterocycles. The maximum absolute atomic E-state index is 13.7. The van der Waals surface area contributed by atoms with Gasteiger partial charge >= 0.3 is 0 Å². The van der Waals surface area contributed by atoms with E-state index in [1.54, 1.807) is 11.3 Å². The molecular weight excluding hydrogens is 278 g/mol. The number of hydrogen-bond acceptors (Lipinski definition) is 3. The molecule has 2 nitrogen and oxygen atoms in total. The van der Waals surface area contributed by atoms with Crippen LogP contribution in [0.4, 0.5) is 8.78 Å². The molecule has 1 atom stereocenters. The zero-order valence-electron chi connectivity index (χ0n) is 11.6. The first kappa shape index (κ1) is 15.1. The molecule has 20 heavy (non-hydrogen) atoms. The first-order valence-corrected chi connectivity index (χ1v) is 7.54. The number of hydrogen-bond donors (Lipinski definition) is 1. The molecule has 0 amide bonds. The number of likely N-dealkylation sites (N-methyl/N-ethyl adjacent to an activating group) is 1. The molecule has 0 spiro atoms. The number of aryl methyl sites for hydroxylation is 1. The van der Waals surface area contributed by atoms with Gasteiger partial charge in [-0.3, -0.25) is 0 Å². The van der Waals surface area contributed by atoms with Crippen molar-refractivity contribution >= 4 is 11.3 Å². The standard InChI is InChI=1S/C15H18F2N2S/c1-3-18-13(8-14-9-20-10(2)19-14)7-11-6-12(16)4-5-15(11)17/h4-6,9,13,18H,3,7-8H2,1-2H3. The van der Waals surface area contributed by atoms with Crippen LogP contribution in [0, 0.1) is 18.6 Å². The Morgan fingerprint density at radius 1 is 1.30 bits per heavy atom. The Morgan fingerprint density at radius 3 is 2.75 bits per heavy atom. The van der Waals surface area contributed by atoms with Gasteiger partial charge in [0.2, 0.25) is 0 Å². The molecule has 0 fully saturated rings. The lowest BCUT2D eigenvalue weighted by Crippen LogP contribution is -2.33. The van der Waals surface area contributed by atoms with E-state index in [1.807, 2.05) is 19.2 Å². The molecule has 2 aromatic rings. The smallest absolute Gasteiger partial charge is 0.126 e. The monoisotopic (exact) mass is 296 g/mol. The van der Waals surface area contributed by atoms with E-state index in [0.29, 0.717) is 18.4 Å². The van der Waals surface area contributed by atoms with Crippen LogP contribution in [-0.4, -0.2) is 17.6 Å². The van der Waals surface area contributed by atoms with Gasteiger partial charge in [-0.15, -0.1) is 11.3 Å². The molecule has 0 aliphatic carbocycles. The summed E-state index contributed by atoms with van der Waals surface area (Å²) in [6, 6.07) is 3.65.